The van der Waals surface area contributed by atoms with Crippen molar-refractivity contribution in [3.8, 4) is 11.1 Å². The molecule has 5 rings (SSSR count). The van der Waals surface area contributed by atoms with Gasteiger partial charge in [0.2, 0.25) is 0 Å². The zero-order valence-corrected chi connectivity index (χ0v) is 34.1. The van der Waals surface area contributed by atoms with Crippen LogP contribution in [0.15, 0.2) is 80.8 Å². The molecule has 0 aromatic heterocycles. The number of halogens is 5. The molecule has 0 fully saturated rings. The van der Waals surface area contributed by atoms with Crippen LogP contribution in [0.2, 0.25) is 19.6 Å². The van der Waals surface area contributed by atoms with E-state index in [0.717, 1.165) is 3.27 Å². The molecule has 7 heteroatoms. The van der Waals surface area contributed by atoms with E-state index in [2.05, 4.69) is 118 Å². The number of alkyl halides is 3. The summed E-state index contributed by atoms with van der Waals surface area (Å²) in [6.07, 6.45) is -1.91. The molecule has 3 aromatic carbocycles. The number of hydrogen-bond donors (Lipinski definition) is 0. The minimum atomic E-state index is -4.38. The predicted octanol–water partition coefficient (Wildman–Crippen LogP) is 5.02. The fourth-order valence-electron chi connectivity index (χ4n) is 7.66. The van der Waals surface area contributed by atoms with Gasteiger partial charge in [0.15, 0.2) is 0 Å². The Morgan fingerprint density at radius 2 is 1.11 bits per heavy atom. The quantitative estimate of drug-likeness (QED) is 0.328. The summed E-state index contributed by atoms with van der Waals surface area (Å²) in [5.41, 5.74) is 8.33. The second-order valence-electron chi connectivity index (χ2n) is 16.2. The normalized spacial score (nSPS) is 17.6. The molecule has 0 N–H and O–H groups in total. The summed E-state index contributed by atoms with van der Waals surface area (Å²) >= 11 is -4.14. The van der Waals surface area contributed by atoms with Crippen LogP contribution in [0, 0.1) is 5.92 Å². The van der Waals surface area contributed by atoms with E-state index in [1.165, 1.54) is 59.6 Å². The van der Waals surface area contributed by atoms with Crippen LogP contribution in [0.5, 0.6) is 0 Å². The van der Waals surface area contributed by atoms with Gasteiger partial charge in [-0.3, -0.25) is 0 Å². The Labute approximate surface area is 292 Å². The molecule has 247 valence electrons. The SMILES string of the molecule is [CH2]=[Zr+2]([C]1=C(C)C([Si](C)(C)C)=CC1C)([c]1ccc(C(F)(F)F)cc1)[CH]1c2cc(C(C)(C)C)ccc2-c2ccc(C(C)(C)C)cc21.[Cl-].[Cl-]. The van der Waals surface area contributed by atoms with Crippen LogP contribution in [0.25, 0.3) is 11.1 Å². The summed E-state index contributed by atoms with van der Waals surface area (Å²) in [5, 5.41) is 1.47. The van der Waals surface area contributed by atoms with Crippen LogP contribution in [0.3, 0.4) is 0 Å². The fourth-order valence-corrected chi connectivity index (χ4v) is 22.2. The van der Waals surface area contributed by atoms with Crippen molar-refractivity contribution in [1.82, 2.24) is 0 Å². The summed E-state index contributed by atoms with van der Waals surface area (Å²) in [7, 11) is -1.67. The molecule has 0 heterocycles. The maximum atomic E-state index is 13.8. The van der Waals surface area contributed by atoms with Gasteiger partial charge in [0.05, 0.1) is 0 Å². The average molecular weight is 764 g/mol. The van der Waals surface area contributed by atoms with Gasteiger partial charge >= 0.3 is 270 Å². The molecule has 0 radical (unpaired) electrons. The van der Waals surface area contributed by atoms with Crippen molar-refractivity contribution in [2.75, 3.05) is 0 Å². The molecule has 0 aliphatic heterocycles. The maximum Gasteiger partial charge on any atom is -1.00 e. The third-order valence-electron chi connectivity index (χ3n) is 9.94. The predicted molar refractivity (Wildman–Crippen MR) is 183 cm³/mol. The van der Waals surface area contributed by atoms with Gasteiger partial charge in [0.1, 0.15) is 0 Å². The molecule has 46 heavy (non-hydrogen) atoms. The molecule has 0 saturated heterocycles. The number of benzene rings is 3. The largest absolute Gasteiger partial charge is 1.00 e. The monoisotopic (exact) mass is 761 g/mol. The van der Waals surface area contributed by atoms with E-state index in [1.54, 1.807) is 12.1 Å². The van der Waals surface area contributed by atoms with Gasteiger partial charge in [-0.05, 0) is 0 Å². The van der Waals surface area contributed by atoms with Crippen LogP contribution >= 0.6 is 0 Å². The van der Waals surface area contributed by atoms with E-state index < -0.39 is 39.6 Å². The van der Waals surface area contributed by atoms with E-state index in [4.69, 9.17) is 4.21 Å². The third-order valence-corrected chi connectivity index (χ3v) is 23.8. The van der Waals surface area contributed by atoms with Gasteiger partial charge in [-0.2, -0.15) is 0 Å². The summed E-state index contributed by atoms with van der Waals surface area (Å²) in [4.78, 5) is 0. The Morgan fingerprint density at radius 1 is 0.696 bits per heavy atom. The average Bonchev–Trinajstić information content (AvgIpc) is 3.40. The van der Waals surface area contributed by atoms with E-state index in [1.807, 2.05) is 0 Å². The van der Waals surface area contributed by atoms with Gasteiger partial charge in [-0.25, -0.2) is 0 Å². The van der Waals surface area contributed by atoms with Crippen LogP contribution in [0.4, 0.5) is 13.2 Å². The first-order valence-electron chi connectivity index (χ1n) is 15.8. The fraction of sp³-hybridized carbons (Fsp3) is 0.410. The Bertz CT molecular complexity index is 1680. The van der Waals surface area contributed by atoms with Gasteiger partial charge in [-0.1, -0.05) is 0 Å². The van der Waals surface area contributed by atoms with Gasteiger partial charge < -0.3 is 24.8 Å². The second kappa shape index (κ2) is 12.7. The van der Waals surface area contributed by atoms with Crippen molar-refractivity contribution in [2.45, 2.75) is 95.7 Å². The molecule has 0 nitrogen and oxygen atoms in total. The molecular formula is C39H48Cl2F3SiZr. The van der Waals surface area contributed by atoms with Gasteiger partial charge in [-0.15, -0.1) is 0 Å². The zero-order chi connectivity index (χ0) is 32.8. The Morgan fingerprint density at radius 3 is 1.46 bits per heavy atom. The molecule has 2 atom stereocenters. The first kappa shape index (κ1) is 38.9. The number of rotatable bonds is 4. The molecule has 0 bridgehead atoms. The van der Waals surface area contributed by atoms with Crippen molar-refractivity contribution < 1.29 is 57.8 Å². The van der Waals surface area contributed by atoms with Crippen molar-refractivity contribution in [2.24, 2.45) is 5.92 Å². The third kappa shape index (κ3) is 6.70. The minimum absolute atomic E-state index is 0. The van der Waals surface area contributed by atoms with Crippen LogP contribution in [0.1, 0.15) is 86.8 Å². The summed E-state index contributed by atoms with van der Waals surface area (Å²) in [6, 6.07) is 20.0. The molecule has 0 spiro atoms. The first-order chi connectivity index (χ1) is 20.1. The molecule has 3 aromatic rings. The molecule has 2 aliphatic carbocycles. The van der Waals surface area contributed by atoms with E-state index >= 15 is 0 Å². The molecular weight excluding hydrogens is 716 g/mol. The van der Waals surface area contributed by atoms with Crippen molar-refractivity contribution in [3.05, 3.63) is 109 Å². The standard InChI is InChI=1S/C21H25.C10H17Si.C7H4F3.CH2.2ClH.Zr/c1-20(2,3)16-7-9-18-14(12-16)11-15-13-17(21(4,5)6)8-10-19(15)18;1-8-6-9(2)10(7-8)11(3,4)5;8-7(9,10)6-4-2-1-3-5-6;;;;/h7-13H,1-6H3;7-8H,1-5H3;2-5H;1H2;2*1H;/q;;;;;;+2/p-2. The maximum absolute atomic E-state index is 13.8. The van der Waals surface area contributed by atoms with Gasteiger partial charge in [0, 0.05) is 0 Å². The van der Waals surface area contributed by atoms with Crippen LogP contribution < -0.4 is 28.1 Å². The summed E-state index contributed by atoms with van der Waals surface area (Å²) in [6.45, 7) is 25.2. The minimum Gasteiger partial charge on any atom is -1.00 e. The smallest absolute Gasteiger partial charge is 1.00 e. The number of allylic oxidation sites excluding steroid dienone is 4. The molecule has 0 saturated carbocycles. The van der Waals surface area contributed by atoms with Crippen molar-refractivity contribution in [3.63, 3.8) is 0 Å². The first-order valence-corrected chi connectivity index (χ1v) is 24.9. The number of hydrogen-bond acceptors (Lipinski definition) is 0. The zero-order valence-electron chi connectivity index (χ0n) is 29.1. The second-order valence-corrected chi connectivity index (χ2v) is 30.2. The molecule has 2 aliphatic rings. The Hall–Kier alpha value is -1.52. The van der Waals surface area contributed by atoms with Crippen molar-refractivity contribution in [1.29, 1.82) is 0 Å². The van der Waals surface area contributed by atoms with E-state index in [-0.39, 0.29) is 45.2 Å². The van der Waals surface area contributed by atoms with Gasteiger partial charge in [0.25, 0.3) is 0 Å². The van der Waals surface area contributed by atoms with Crippen molar-refractivity contribution >= 4 is 15.6 Å². The summed E-state index contributed by atoms with van der Waals surface area (Å²) in [5.74, 6) is 0.205. The Balaban J connectivity index is 0.00000288. The van der Waals surface area contributed by atoms with Crippen LogP contribution in [-0.2, 0) is 36.8 Å². The van der Waals surface area contributed by atoms with Crippen LogP contribution in [-0.4, -0.2) is 12.3 Å². The number of fused-ring (bicyclic) bond motifs is 3. The van der Waals surface area contributed by atoms with E-state index in [0.29, 0.717) is 0 Å². The molecule has 2 unspecified atom stereocenters. The Kier molecular flexibility index (Phi) is 10.8. The van der Waals surface area contributed by atoms with E-state index in [9.17, 15) is 13.2 Å². The summed E-state index contributed by atoms with van der Waals surface area (Å²) < 4.78 is 49.3. The molecule has 0 amide bonds. The topological polar surface area (TPSA) is 0 Å².